The fourth-order valence-electron chi connectivity index (χ4n) is 3.30. The van der Waals surface area contributed by atoms with E-state index >= 15 is 0 Å². The molecular weight excluding hydrogens is 382 g/mol. The number of aryl methyl sites for hydroxylation is 1. The van der Waals surface area contributed by atoms with Gasteiger partial charge in [-0.3, -0.25) is 14.4 Å². The molecule has 0 fully saturated rings. The summed E-state index contributed by atoms with van der Waals surface area (Å²) < 4.78 is 1.02. The summed E-state index contributed by atoms with van der Waals surface area (Å²) >= 11 is 0. The van der Waals surface area contributed by atoms with Crippen molar-refractivity contribution in [2.24, 2.45) is 0 Å². The van der Waals surface area contributed by atoms with Crippen molar-refractivity contribution in [3.05, 3.63) is 57.0 Å². The molecule has 1 N–H and O–H groups in total. The van der Waals surface area contributed by atoms with Crippen molar-refractivity contribution in [1.82, 2.24) is 14.7 Å². The zero-order valence-electron chi connectivity index (χ0n) is 17.9. The molecule has 0 radical (unpaired) electrons. The molecule has 0 saturated carbocycles. The van der Waals surface area contributed by atoms with E-state index in [1.807, 2.05) is 33.8 Å². The van der Waals surface area contributed by atoms with E-state index in [1.165, 1.54) is 0 Å². The number of aromatic nitrogens is 2. The first-order valence-electron chi connectivity index (χ1n) is 10.1. The Balaban J connectivity index is 2.25. The maximum absolute atomic E-state index is 12.6. The smallest absolute Gasteiger partial charge is 0.285 e. The molecule has 0 unspecified atom stereocenters. The molecule has 30 heavy (non-hydrogen) atoms. The molecule has 2 aromatic rings. The van der Waals surface area contributed by atoms with E-state index in [4.69, 9.17) is 0 Å². The summed E-state index contributed by atoms with van der Waals surface area (Å²) in [5.74, 6) is -0.581. The fraction of sp³-hybridized carbons (Fsp3) is 0.409. The van der Waals surface area contributed by atoms with Gasteiger partial charge in [0.15, 0.2) is 0 Å². The molecule has 1 heterocycles. The summed E-state index contributed by atoms with van der Waals surface area (Å²) in [4.78, 5) is 39.3. The molecule has 0 saturated heterocycles. The highest BCUT2D eigenvalue weighted by Gasteiger charge is 2.17. The van der Waals surface area contributed by atoms with Crippen molar-refractivity contribution in [2.75, 3.05) is 18.4 Å². The van der Waals surface area contributed by atoms with E-state index in [2.05, 4.69) is 10.4 Å². The number of nitriles is 1. The molecule has 1 aromatic heterocycles. The molecular formula is C22H27N5O3. The average molecular weight is 409 g/mol. The lowest BCUT2D eigenvalue weighted by atomic mass is 10.0. The predicted molar refractivity (Wildman–Crippen MR) is 114 cm³/mol. The predicted octanol–water partition coefficient (Wildman–Crippen LogP) is 2.36. The third-order valence-electron chi connectivity index (χ3n) is 4.88. The molecule has 0 atom stereocenters. The summed E-state index contributed by atoms with van der Waals surface area (Å²) in [6.45, 7) is 8.42. The van der Waals surface area contributed by atoms with Crippen LogP contribution in [0.5, 0.6) is 0 Å². The number of hydrogen-bond donors (Lipinski definition) is 1. The van der Waals surface area contributed by atoms with Crippen molar-refractivity contribution >= 4 is 17.5 Å². The second kappa shape index (κ2) is 10.3. The van der Waals surface area contributed by atoms with Gasteiger partial charge in [-0.15, -0.1) is 0 Å². The highest BCUT2D eigenvalue weighted by Crippen LogP contribution is 2.14. The van der Waals surface area contributed by atoms with Crippen LogP contribution in [-0.2, 0) is 24.2 Å². The molecule has 2 amide bonds. The van der Waals surface area contributed by atoms with E-state index < -0.39 is 11.5 Å². The average Bonchev–Trinajstić information content (AvgIpc) is 2.75. The summed E-state index contributed by atoms with van der Waals surface area (Å²) in [7, 11) is 0. The van der Waals surface area contributed by atoms with Gasteiger partial charge in [-0.25, -0.2) is 4.68 Å². The van der Waals surface area contributed by atoms with Crippen LogP contribution in [0.15, 0.2) is 29.1 Å². The van der Waals surface area contributed by atoms with E-state index in [0.717, 1.165) is 4.68 Å². The van der Waals surface area contributed by atoms with Crippen molar-refractivity contribution in [3.63, 3.8) is 0 Å². The van der Waals surface area contributed by atoms with Gasteiger partial charge in [-0.2, -0.15) is 10.4 Å². The molecule has 0 aliphatic heterocycles. The lowest BCUT2D eigenvalue weighted by Crippen LogP contribution is -2.33. The van der Waals surface area contributed by atoms with E-state index in [9.17, 15) is 19.6 Å². The quantitative estimate of drug-likeness (QED) is 0.720. The Morgan fingerprint density at radius 1 is 1.17 bits per heavy atom. The van der Waals surface area contributed by atoms with Crippen LogP contribution in [0.2, 0.25) is 0 Å². The second-order valence-corrected chi connectivity index (χ2v) is 6.69. The van der Waals surface area contributed by atoms with Crippen molar-refractivity contribution in [3.8, 4) is 6.07 Å². The van der Waals surface area contributed by atoms with Gasteiger partial charge in [0.1, 0.15) is 18.2 Å². The highest BCUT2D eigenvalue weighted by atomic mass is 16.2. The fourth-order valence-corrected chi connectivity index (χ4v) is 3.30. The molecule has 0 spiro atoms. The van der Waals surface area contributed by atoms with Crippen LogP contribution in [0.25, 0.3) is 0 Å². The molecule has 0 bridgehead atoms. The van der Waals surface area contributed by atoms with Crippen molar-refractivity contribution in [1.29, 1.82) is 5.26 Å². The first kappa shape index (κ1) is 22.8. The van der Waals surface area contributed by atoms with Crippen LogP contribution in [0, 0.1) is 11.3 Å². The second-order valence-electron chi connectivity index (χ2n) is 6.69. The number of hydrogen-bond acceptors (Lipinski definition) is 5. The summed E-state index contributed by atoms with van der Waals surface area (Å²) in [6, 6.07) is 8.61. The number of benzene rings is 1. The largest absolute Gasteiger partial charge is 0.339 e. The first-order chi connectivity index (χ1) is 14.4. The molecule has 8 nitrogen and oxygen atoms in total. The minimum Gasteiger partial charge on any atom is -0.339 e. The Kier molecular flexibility index (Phi) is 7.87. The minimum atomic E-state index is -0.577. The SMILES string of the molecule is CCc1nn(CC(=O)Nc2cccc(C(=O)N(CC)CC)c2)c(=O)c(C#N)c1CC. The molecule has 8 heteroatoms. The molecule has 158 valence electrons. The summed E-state index contributed by atoms with van der Waals surface area (Å²) in [5.41, 5.74) is 1.64. The number of carbonyl (C=O) groups excluding carboxylic acids is 2. The lowest BCUT2D eigenvalue weighted by molar-refractivity contribution is -0.117. The topological polar surface area (TPSA) is 108 Å². The Morgan fingerprint density at radius 2 is 1.87 bits per heavy atom. The van der Waals surface area contributed by atoms with Crippen LogP contribution >= 0.6 is 0 Å². The van der Waals surface area contributed by atoms with Gasteiger partial charge in [0.25, 0.3) is 11.5 Å². The van der Waals surface area contributed by atoms with Gasteiger partial charge in [-0.05, 0) is 50.5 Å². The van der Waals surface area contributed by atoms with Crippen LogP contribution in [0.4, 0.5) is 5.69 Å². The number of amides is 2. The van der Waals surface area contributed by atoms with Gasteiger partial charge in [0.2, 0.25) is 5.91 Å². The Morgan fingerprint density at radius 3 is 2.43 bits per heavy atom. The normalized spacial score (nSPS) is 10.4. The van der Waals surface area contributed by atoms with Crippen LogP contribution in [0.1, 0.15) is 54.9 Å². The standard InChI is InChI=1S/C22H27N5O3/c1-5-17-18(13-23)22(30)27(25-19(17)6-2)14-20(28)24-16-11-9-10-15(12-16)21(29)26(7-3)8-4/h9-12H,5-8,14H2,1-4H3,(H,24,28). The van der Waals surface area contributed by atoms with Crippen LogP contribution in [0.3, 0.4) is 0 Å². The Bertz CT molecular complexity index is 1030. The number of rotatable bonds is 8. The van der Waals surface area contributed by atoms with E-state index in [1.54, 1.807) is 29.2 Å². The number of nitrogens with one attached hydrogen (secondary N) is 1. The maximum Gasteiger partial charge on any atom is 0.285 e. The van der Waals surface area contributed by atoms with E-state index in [-0.39, 0.29) is 18.0 Å². The van der Waals surface area contributed by atoms with Gasteiger partial charge < -0.3 is 10.2 Å². The molecule has 2 rings (SSSR count). The van der Waals surface area contributed by atoms with E-state index in [0.29, 0.717) is 48.4 Å². The lowest BCUT2D eigenvalue weighted by Gasteiger charge is -2.19. The van der Waals surface area contributed by atoms with Crippen molar-refractivity contribution in [2.45, 2.75) is 47.1 Å². The maximum atomic E-state index is 12.6. The van der Waals surface area contributed by atoms with Crippen LogP contribution < -0.4 is 10.9 Å². The third kappa shape index (κ3) is 4.92. The summed E-state index contributed by atoms with van der Waals surface area (Å²) in [6.07, 6.45) is 1.07. The summed E-state index contributed by atoms with van der Waals surface area (Å²) in [5, 5.41) is 16.4. The van der Waals surface area contributed by atoms with Gasteiger partial charge in [0, 0.05) is 24.3 Å². The van der Waals surface area contributed by atoms with Gasteiger partial charge >= 0.3 is 0 Å². The number of carbonyl (C=O) groups is 2. The zero-order valence-corrected chi connectivity index (χ0v) is 17.9. The first-order valence-corrected chi connectivity index (χ1v) is 10.1. The Hall–Kier alpha value is -3.47. The number of anilines is 1. The molecule has 1 aromatic carbocycles. The van der Waals surface area contributed by atoms with Gasteiger partial charge in [-0.1, -0.05) is 19.9 Å². The third-order valence-corrected chi connectivity index (χ3v) is 4.88. The number of nitrogens with zero attached hydrogens (tertiary/aromatic N) is 4. The molecule has 0 aliphatic carbocycles. The zero-order chi connectivity index (χ0) is 22.3. The highest BCUT2D eigenvalue weighted by molar-refractivity contribution is 5.97. The van der Waals surface area contributed by atoms with Gasteiger partial charge in [0.05, 0.1) is 5.69 Å². The minimum absolute atomic E-state index is 0.0315. The van der Waals surface area contributed by atoms with Crippen molar-refractivity contribution < 1.29 is 9.59 Å². The monoisotopic (exact) mass is 409 g/mol. The Labute approximate surface area is 176 Å². The van der Waals surface area contributed by atoms with Crippen LogP contribution in [-0.4, -0.2) is 39.6 Å². The molecule has 0 aliphatic rings.